The third-order valence-corrected chi connectivity index (χ3v) is 5.02. The first kappa shape index (κ1) is 22.7. The van der Waals surface area contributed by atoms with Crippen LogP contribution in [-0.4, -0.2) is 41.6 Å². The van der Waals surface area contributed by atoms with Crippen molar-refractivity contribution in [3.63, 3.8) is 0 Å². The molecule has 0 bridgehead atoms. The van der Waals surface area contributed by atoms with Crippen LogP contribution in [0.4, 0.5) is 30.4 Å². The molecule has 0 saturated carbocycles. The van der Waals surface area contributed by atoms with Gasteiger partial charge in [-0.05, 0) is 48.5 Å². The second-order valence-electron chi connectivity index (χ2n) is 7.03. The van der Waals surface area contributed by atoms with E-state index < -0.39 is 24.1 Å². The first-order valence-electron chi connectivity index (χ1n) is 9.70. The van der Waals surface area contributed by atoms with Crippen LogP contribution in [0.15, 0.2) is 60.8 Å². The minimum atomic E-state index is -4.80. The molecule has 7 nitrogen and oxygen atoms in total. The summed E-state index contributed by atoms with van der Waals surface area (Å²) in [5.41, 5.74) is 1.00. The molecule has 0 aliphatic carbocycles. The van der Waals surface area contributed by atoms with E-state index in [2.05, 4.69) is 15.0 Å². The number of para-hydroxylation sites is 1. The van der Waals surface area contributed by atoms with E-state index in [1.165, 1.54) is 18.3 Å². The van der Waals surface area contributed by atoms with Gasteiger partial charge in [-0.25, -0.2) is 4.98 Å². The number of carbonyl (C=O) groups is 1. The molecular formula is C22H17ClF3N3O4. The lowest BCUT2D eigenvalue weighted by atomic mass is 10.1. The molecule has 1 amide bonds. The summed E-state index contributed by atoms with van der Waals surface area (Å²) in [4.78, 5) is 19.0. The summed E-state index contributed by atoms with van der Waals surface area (Å²) in [7, 11) is 0. The first-order chi connectivity index (χ1) is 15.7. The van der Waals surface area contributed by atoms with Crippen LogP contribution in [0.2, 0.25) is 5.02 Å². The molecule has 2 aromatic carbocycles. The number of rotatable bonds is 5. The number of anilines is 3. The van der Waals surface area contributed by atoms with Gasteiger partial charge in [-0.3, -0.25) is 4.79 Å². The smallest absolute Gasteiger partial charge is 0.488 e. The molecule has 1 aliphatic heterocycles. The van der Waals surface area contributed by atoms with Crippen LogP contribution in [0, 0.1) is 0 Å². The van der Waals surface area contributed by atoms with Crippen LogP contribution in [0.5, 0.6) is 11.5 Å². The number of carbonyl (C=O) groups excluding carboxylic acids is 1. The van der Waals surface area contributed by atoms with Gasteiger partial charge in [0.05, 0.1) is 28.9 Å². The van der Waals surface area contributed by atoms with Crippen LogP contribution >= 0.6 is 11.6 Å². The Kier molecular flexibility index (Phi) is 6.30. The number of amides is 1. The molecule has 0 saturated heterocycles. The fourth-order valence-electron chi connectivity index (χ4n) is 3.39. The van der Waals surface area contributed by atoms with Gasteiger partial charge in [0.1, 0.15) is 18.2 Å². The number of alkyl halides is 3. The summed E-state index contributed by atoms with van der Waals surface area (Å²) in [5.74, 6) is -0.126. The van der Waals surface area contributed by atoms with Gasteiger partial charge in [-0.15, -0.1) is 13.2 Å². The number of aliphatic hydroxyl groups excluding tert-OH is 1. The summed E-state index contributed by atoms with van der Waals surface area (Å²) >= 11 is 5.93. The van der Waals surface area contributed by atoms with Crippen molar-refractivity contribution in [2.45, 2.75) is 12.4 Å². The average molecular weight is 480 g/mol. The Morgan fingerprint density at radius 2 is 1.97 bits per heavy atom. The van der Waals surface area contributed by atoms with Crippen molar-refractivity contribution in [2.75, 3.05) is 23.4 Å². The van der Waals surface area contributed by atoms with Crippen molar-refractivity contribution in [3.05, 3.63) is 71.4 Å². The van der Waals surface area contributed by atoms with Gasteiger partial charge in [-0.2, -0.15) is 0 Å². The molecule has 11 heteroatoms. The maximum atomic E-state index is 12.9. The van der Waals surface area contributed by atoms with Crippen molar-refractivity contribution in [3.8, 4) is 11.5 Å². The molecule has 2 N–H and O–H groups in total. The van der Waals surface area contributed by atoms with E-state index in [1.807, 2.05) is 0 Å². The zero-order valence-corrected chi connectivity index (χ0v) is 17.6. The molecule has 33 heavy (non-hydrogen) atoms. The predicted molar refractivity (Wildman–Crippen MR) is 115 cm³/mol. The highest BCUT2D eigenvalue weighted by Gasteiger charge is 2.33. The van der Waals surface area contributed by atoms with Gasteiger partial charge in [0.2, 0.25) is 0 Å². The zero-order chi connectivity index (χ0) is 23.6. The topological polar surface area (TPSA) is 83.9 Å². The number of fused-ring (bicyclic) bond motifs is 1. The highest BCUT2D eigenvalue weighted by molar-refractivity contribution is 6.30. The number of ether oxygens (including phenoxy) is 2. The first-order valence-corrected chi connectivity index (χ1v) is 10.1. The number of hydrogen-bond donors (Lipinski definition) is 2. The number of benzene rings is 2. The fourth-order valence-corrected chi connectivity index (χ4v) is 3.50. The van der Waals surface area contributed by atoms with Crippen LogP contribution in [0.3, 0.4) is 0 Å². The van der Waals surface area contributed by atoms with Gasteiger partial charge < -0.3 is 24.8 Å². The molecule has 1 aliphatic rings. The largest absolute Gasteiger partial charge is 0.573 e. The van der Waals surface area contributed by atoms with Gasteiger partial charge >= 0.3 is 6.36 Å². The van der Waals surface area contributed by atoms with Crippen LogP contribution in [0.25, 0.3) is 0 Å². The summed E-state index contributed by atoms with van der Waals surface area (Å²) in [5, 5.41) is 12.9. The molecule has 1 atom stereocenters. The Labute approximate surface area is 191 Å². The predicted octanol–water partition coefficient (Wildman–Crippen LogP) is 4.78. The van der Waals surface area contributed by atoms with Gasteiger partial charge in [0.25, 0.3) is 5.91 Å². The van der Waals surface area contributed by atoms with E-state index in [4.69, 9.17) is 16.3 Å². The van der Waals surface area contributed by atoms with Crippen LogP contribution in [-0.2, 0) is 0 Å². The Bertz CT molecular complexity index is 1140. The number of nitrogens with zero attached hydrogens (tertiary/aromatic N) is 2. The van der Waals surface area contributed by atoms with Crippen molar-refractivity contribution in [1.82, 2.24) is 4.98 Å². The molecule has 1 aromatic heterocycles. The molecule has 4 rings (SSSR count). The van der Waals surface area contributed by atoms with Crippen molar-refractivity contribution >= 4 is 34.7 Å². The second kappa shape index (κ2) is 9.16. The highest BCUT2D eigenvalue weighted by atomic mass is 35.5. The SMILES string of the molecule is O=C(Nc1ccc(OC(F)(F)F)cc1)c1cccc2c1OC[C@H](CO)N2c1ccc(Cl)cn1. The van der Waals surface area contributed by atoms with Gasteiger partial charge in [0, 0.05) is 11.9 Å². The molecule has 0 spiro atoms. The van der Waals surface area contributed by atoms with E-state index in [1.54, 1.807) is 35.2 Å². The Hall–Kier alpha value is -3.50. The quantitative estimate of drug-likeness (QED) is 0.548. The second-order valence-corrected chi connectivity index (χ2v) is 7.47. The zero-order valence-electron chi connectivity index (χ0n) is 16.8. The number of nitrogens with one attached hydrogen (secondary N) is 1. The summed E-state index contributed by atoms with van der Waals surface area (Å²) < 4.78 is 46.6. The Morgan fingerprint density at radius 1 is 1.21 bits per heavy atom. The monoisotopic (exact) mass is 479 g/mol. The fraction of sp³-hybridized carbons (Fsp3) is 0.182. The van der Waals surface area contributed by atoms with E-state index in [-0.39, 0.29) is 30.2 Å². The molecule has 172 valence electrons. The summed E-state index contributed by atoms with van der Waals surface area (Å²) in [6, 6.07) is 12.6. The van der Waals surface area contributed by atoms with E-state index in [0.717, 1.165) is 12.1 Å². The van der Waals surface area contributed by atoms with E-state index in [0.29, 0.717) is 16.5 Å². The third-order valence-electron chi connectivity index (χ3n) is 4.80. The number of aromatic nitrogens is 1. The molecule has 0 fully saturated rings. The maximum Gasteiger partial charge on any atom is 0.573 e. The number of aliphatic hydroxyl groups is 1. The van der Waals surface area contributed by atoms with Crippen molar-refractivity contribution in [2.24, 2.45) is 0 Å². The van der Waals surface area contributed by atoms with Crippen molar-refractivity contribution in [1.29, 1.82) is 0 Å². The van der Waals surface area contributed by atoms with Crippen LogP contribution in [0.1, 0.15) is 10.4 Å². The average Bonchev–Trinajstić information content (AvgIpc) is 2.79. The van der Waals surface area contributed by atoms with Gasteiger partial charge in [-0.1, -0.05) is 17.7 Å². The van der Waals surface area contributed by atoms with E-state index >= 15 is 0 Å². The molecule has 3 aromatic rings. The molecule has 2 heterocycles. The van der Waals surface area contributed by atoms with E-state index in [9.17, 15) is 23.1 Å². The minimum Gasteiger partial charge on any atom is -0.488 e. The molecule has 0 unspecified atom stereocenters. The number of halogens is 4. The number of hydrogen-bond acceptors (Lipinski definition) is 6. The van der Waals surface area contributed by atoms with Gasteiger partial charge in [0.15, 0.2) is 5.75 Å². The number of pyridine rings is 1. The minimum absolute atomic E-state index is 0.0988. The van der Waals surface area contributed by atoms with Crippen LogP contribution < -0.4 is 19.7 Å². The highest BCUT2D eigenvalue weighted by Crippen LogP contribution is 2.41. The lowest BCUT2D eigenvalue weighted by Crippen LogP contribution is -2.43. The lowest BCUT2D eigenvalue weighted by Gasteiger charge is -2.37. The third kappa shape index (κ3) is 5.12. The summed E-state index contributed by atoms with van der Waals surface area (Å²) in [6.45, 7) is -0.117. The summed E-state index contributed by atoms with van der Waals surface area (Å²) in [6.07, 6.45) is -3.33. The lowest BCUT2D eigenvalue weighted by molar-refractivity contribution is -0.274. The Balaban J connectivity index is 1.60. The molecule has 0 radical (unpaired) electrons. The maximum absolute atomic E-state index is 12.9. The normalized spacial score (nSPS) is 15.4. The molecular weight excluding hydrogens is 463 g/mol. The standard InChI is InChI=1S/C22H17ClF3N3O4/c23-13-4-9-19(27-10-13)29-15(11-30)12-32-20-17(2-1-3-18(20)29)21(31)28-14-5-7-16(8-6-14)33-22(24,25)26/h1-10,15,30H,11-12H2,(H,28,31)/t15-/m0/s1. The Morgan fingerprint density at radius 3 is 2.61 bits per heavy atom. The van der Waals surface area contributed by atoms with Crippen molar-refractivity contribution < 1.29 is 32.5 Å².